The van der Waals surface area contributed by atoms with E-state index in [4.69, 9.17) is 0 Å². The zero-order chi connectivity index (χ0) is 11.3. The summed E-state index contributed by atoms with van der Waals surface area (Å²) < 4.78 is 0. The van der Waals surface area contributed by atoms with E-state index in [-0.39, 0.29) is 5.91 Å². The number of likely N-dealkylation sites (tertiary alicyclic amines) is 1. The van der Waals surface area contributed by atoms with E-state index >= 15 is 0 Å². The van der Waals surface area contributed by atoms with Crippen molar-refractivity contribution in [3.63, 3.8) is 0 Å². The second-order valence-corrected chi connectivity index (χ2v) is 3.34. The molecule has 1 radical (unpaired) electrons. The van der Waals surface area contributed by atoms with Gasteiger partial charge in [0.25, 0.3) is 5.91 Å². The fraction of sp³-hybridized carbons (Fsp3) is 0.667. The van der Waals surface area contributed by atoms with Gasteiger partial charge in [-0.25, -0.2) is 4.79 Å². The number of hydrogen-bond acceptors (Lipinski definition) is 3. The van der Waals surface area contributed by atoms with Gasteiger partial charge in [0, 0.05) is 13.6 Å². The quantitative estimate of drug-likeness (QED) is 0.598. The van der Waals surface area contributed by atoms with Crippen molar-refractivity contribution in [2.75, 3.05) is 13.6 Å². The highest BCUT2D eigenvalue weighted by atomic mass is 16.2. The van der Waals surface area contributed by atoms with E-state index in [1.807, 2.05) is 0 Å². The maximum absolute atomic E-state index is 11.8. The summed E-state index contributed by atoms with van der Waals surface area (Å²) in [4.78, 5) is 34.4. The van der Waals surface area contributed by atoms with Gasteiger partial charge in [-0.15, -0.1) is 0 Å². The molecule has 6 nitrogen and oxygen atoms in total. The smallest absolute Gasteiger partial charge is 0.323 e. The lowest BCUT2D eigenvalue weighted by Crippen LogP contribution is -2.50. The van der Waals surface area contributed by atoms with Gasteiger partial charge in [-0.2, -0.15) is 0 Å². The number of carbonyl (C=O) groups excluding carboxylic acids is 3. The number of nitrogens with one attached hydrogen (secondary N) is 2. The van der Waals surface area contributed by atoms with Crippen molar-refractivity contribution < 1.29 is 14.4 Å². The second kappa shape index (κ2) is 5.33. The Kier molecular flexibility index (Phi) is 4.08. The van der Waals surface area contributed by atoms with Gasteiger partial charge in [-0.05, 0) is 19.3 Å². The average Bonchev–Trinajstić information content (AvgIpc) is 2.42. The van der Waals surface area contributed by atoms with Gasteiger partial charge in [-0.1, -0.05) is 0 Å². The Bertz CT molecular complexity index is 267. The first-order chi connectivity index (χ1) is 7.20. The third-order valence-corrected chi connectivity index (χ3v) is 2.38. The molecule has 15 heavy (non-hydrogen) atoms. The summed E-state index contributed by atoms with van der Waals surface area (Å²) in [6, 6.07) is -1.05. The standard InChI is InChI=1S/C9H14N3O3/c1-10-9(15)12-5-3-2-4-7(8(12)14)11-6-13/h7H,2-5H2,1H3,(H,10,15)(H,11,13)/t7-/m0/s1. The molecule has 0 aromatic rings. The van der Waals surface area contributed by atoms with Crippen molar-refractivity contribution in [3.8, 4) is 0 Å². The van der Waals surface area contributed by atoms with Gasteiger partial charge < -0.3 is 10.6 Å². The van der Waals surface area contributed by atoms with E-state index < -0.39 is 12.1 Å². The molecule has 0 saturated carbocycles. The van der Waals surface area contributed by atoms with Crippen molar-refractivity contribution >= 4 is 18.3 Å². The van der Waals surface area contributed by atoms with Crippen LogP contribution in [0.2, 0.25) is 0 Å². The SMILES string of the molecule is CNC(=O)N1CCCC[C@H](N[C]=O)C1=O. The van der Waals surface area contributed by atoms with Gasteiger partial charge in [0.1, 0.15) is 6.04 Å². The molecule has 1 rings (SSSR count). The Morgan fingerprint density at radius 3 is 2.87 bits per heavy atom. The van der Waals surface area contributed by atoms with Gasteiger partial charge in [0.05, 0.1) is 0 Å². The first kappa shape index (κ1) is 11.5. The molecule has 83 valence electrons. The van der Waals surface area contributed by atoms with Crippen LogP contribution in [0, 0.1) is 0 Å². The lowest BCUT2D eigenvalue weighted by Gasteiger charge is -2.21. The predicted octanol–water partition coefficient (Wildman–Crippen LogP) is -0.636. The Morgan fingerprint density at radius 1 is 1.53 bits per heavy atom. The Hall–Kier alpha value is -1.59. The Labute approximate surface area is 88.0 Å². The zero-order valence-corrected chi connectivity index (χ0v) is 8.58. The van der Waals surface area contributed by atoms with E-state index in [1.54, 1.807) is 0 Å². The number of imide groups is 1. The zero-order valence-electron chi connectivity index (χ0n) is 8.58. The van der Waals surface area contributed by atoms with Crippen molar-refractivity contribution in [2.24, 2.45) is 0 Å². The minimum Gasteiger partial charge on any atom is -0.341 e. The van der Waals surface area contributed by atoms with Crippen molar-refractivity contribution in [2.45, 2.75) is 25.3 Å². The number of carbonyl (C=O) groups is 2. The normalized spacial score (nSPS) is 21.8. The number of rotatable bonds is 2. The number of nitrogens with zero attached hydrogens (tertiary/aromatic N) is 1. The summed E-state index contributed by atoms with van der Waals surface area (Å²) in [7, 11) is 1.47. The molecule has 1 aliphatic rings. The molecule has 1 saturated heterocycles. The molecule has 0 unspecified atom stereocenters. The fourth-order valence-corrected chi connectivity index (χ4v) is 1.58. The second-order valence-electron chi connectivity index (χ2n) is 3.34. The minimum absolute atomic E-state index is 0.366. The molecular weight excluding hydrogens is 198 g/mol. The van der Waals surface area contributed by atoms with E-state index in [0.717, 1.165) is 17.7 Å². The highest BCUT2D eigenvalue weighted by molar-refractivity contribution is 5.97. The lowest BCUT2D eigenvalue weighted by atomic mass is 10.1. The van der Waals surface area contributed by atoms with Crippen LogP contribution in [0.5, 0.6) is 0 Å². The van der Waals surface area contributed by atoms with Crippen molar-refractivity contribution in [3.05, 3.63) is 0 Å². The summed E-state index contributed by atoms with van der Waals surface area (Å²) in [6.07, 6.45) is 3.62. The summed E-state index contributed by atoms with van der Waals surface area (Å²) >= 11 is 0. The molecule has 1 aliphatic heterocycles. The highest BCUT2D eigenvalue weighted by Crippen LogP contribution is 2.11. The molecule has 1 atom stereocenters. The summed E-state index contributed by atoms with van der Waals surface area (Å²) in [6.45, 7) is 0.398. The summed E-state index contributed by atoms with van der Waals surface area (Å²) in [5.41, 5.74) is 0. The van der Waals surface area contributed by atoms with Crippen LogP contribution in [0.15, 0.2) is 0 Å². The molecule has 0 aliphatic carbocycles. The fourth-order valence-electron chi connectivity index (χ4n) is 1.58. The molecular formula is C9H14N3O3. The van der Waals surface area contributed by atoms with Gasteiger partial charge in [-0.3, -0.25) is 14.5 Å². The van der Waals surface area contributed by atoms with E-state index in [2.05, 4.69) is 10.6 Å². The topological polar surface area (TPSA) is 78.5 Å². The molecule has 1 fully saturated rings. The minimum atomic E-state index is -0.623. The van der Waals surface area contributed by atoms with Gasteiger partial charge in [0.2, 0.25) is 0 Å². The predicted molar refractivity (Wildman–Crippen MR) is 52.6 cm³/mol. The van der Waals surface area contributed by atoms with Crippen LogP contribution >= 0.6 is 0 Å². The Morgan fingerprint density at radius 2 is 2.27 bits per heavy atom. The lowest BCUT2D eigenvalue weighted by molar-refractivity contribution is -0.129. The molecule has 6 heteroatoms. The molecule has 4 amide bonds. The number of urea groups is 1. The first-order valence-electron chi connectivity index (χ1n) is 4.86. The number of amides is 4. The highest BCUT2D eigenvalue weighted by Gasteiger charge is 2.30. The van der Waals surface area contributed by atoms with Crippen LogP contribution in [0.1, 0.15) is 19.3 Å². The summed E-state index contributed by atoms with van der Waals surface area (Å²) in [5.74, 6) is -0.366. The average molecular weight is 212 g/mol. The van der Waals surface area contributed by atoms with Crippen LogP contribution in [0.4, 0.5) is 4.79 Å². The molecule has 0 aromatic heterocycles. The maximum atomic E-state index is 11.8. The van der Waals surface area contributed by atoms with Gasteiger partial charge in [0.15, 0.2) is 0 Å². The third-order valence-electron chi connectivity index (χ3n) is 2.38. The molecule has 1 heterocycles. The van der Waals surface area contributed by atoms with E-state index in [0.29, 0.717) is 13.0 Å². The third kappa shape index (κ3) is 2.68. The molecule has 0 spiro atoms. The van der Waals surface area contributed by atoms with Gasteiger partial charge >= 0.3 is 12.4 Å². The maximum Gasteiger partial charge on any atom is 0.323 e. The summed E-state index contributed by atoms with van der Waals surface area (Å²) in [5, 5.41) is 4.70. The largest absolute Gasteiger partial charge is 0.341 e. The van der Waals surface area contributed by atoms with Crippen LogP contribution in [0.25, 0.3) is 0 Å². The molecule has 0 bridgehead atoms. The van der Waals surface area contributed by atoms with Crippen molar-refractivity contribution in [1.29, 1.82) is 0 Å². The van der Waals surface area contributed by atoms with Crippen LogP contribution in [-0.2, 0) is 9.59 Å². The van der Waals surface area contributed by atoms with Crippen molar-refractivity contribution in [1.82, 2.24) is 15.5 Å². The molecule has 2 N–H and O–H groups in total. The van der Waals surface area contributed by atoms with Crippen LogP contribution in [-0.4, -0.2) is 42.9 Å². The van der Waals surface area contributed by atoms with E-state index in [9.17, 15) is 14.4 Å². The number of hydrogen-bond donors (Lipinski definition) is 2. The van der Waals surface area contributed by atoms with Crippen LogP contribution < -0.4 is 10.6 Å². The Balaban J connectivity index is 2.74. The molecule has 0 aromatic carbocycles. The monoisotopic (exact) mass is 212 g/mol. The first-order valence-corrected chi connectivity index (χ1v) is 4.86. The van der Waals surface area contributed by atoms with Crippen LogP contribution in [0.3, 0.4) is 0 Å². The van der Waals surface area contributed by atoms with E-state index in [1.165, 1.54) is 13.5 Å².